The fraction of sp³-hybridized carbons (Fsp3) is 0.308. The lowest BCUT2D eigenvalue weighted by Gasteiger charge is -2.29. The minimum atomic E-state index is -4.51. The lowest BCUT2D eigenvalue weighted by Crippen LogP contribution is -2.45. The second-order valence-corrected chi connectivity index (χ2v) is 5.69. The van der Waals surface area contributed by atoms with Crippen molar-refractivity contribution in [2.75, 3.05) is 7.05 Å². The number of amidine groups is 1. The zero-order valence-corrected chi connectivity index (χ0v) is 12.1. The van der Waals surface area contributed by atoms with Gasteiger partial charge in [0.25, 0.3) is 0 Å². The number of carbonyl (C=O) groups excluding carboxylic acids is 2. The number of thioether (sulfide) groups is 1. The summed E-state index contributed by atoms with van der Waals surface area (Å²) >= 11 is 0.771. The van der Waals surface area contributed by atoms with E-state index in [2.05, 4.69) is 4.99 Å². The molecule has 9 heteroatoms. The highest BCUT2D eigenvalue weighted by Gasteiger charge is 2.32. The van der Waals surface area contributed by atoms with Crippen LogP contribution in [0.1, 0.15) is 12.0 Å². The molecule has 118 valence electrons. The largest absolute Gasteiger partial charge is 0.549 e. The zero-order chi connectivity index (χ0) is 16.5. The van der Waals surface area contributed by atoms with Crippen molar-refractivity contribution in [3.05, 3.63) is 29.8 Å². The Balaban J connectivity index is 2.34. The van der Waals surface area contributed by atoms with Crippen LogP contribution in [0.5, 0.6) is 0 Å². The van der Waals surface area contributed by atoms with Gasteiger partial charge in [-0.3, -0.25) is 9.69 Å². The quantitative estimate of drug-likeness (QED) is 0.821. The first-order valence-electron chi connectivity index (χ1n) is 6.08. The molecule has 1 aliphatic heterocycles. The molecule has 0 aromatic heterocycles. The molecule has 5 nitrogen and oxygen atoms in total. The lowest BCUT2D eigenvalue weighted by molar-refractivity contribution is -0.304. The van der Waals surface area contributed by atoms with Gasteiger partial charge >= 0.3 is 6.18 Å². The summed E-state index contributed by atoms with van der Waals surface area (Å²) in [6.45, 7) is 0. The lowest BCUT2D eigenvalue weighted by atomic mass is 10.2. The molecule has 0 spiro atoms. The molecule has 1 fully saturated rings. The Kier molecular flexibility index (Phi) is 4.45. The maximum atomic E-state index is 12.6. The summed E-state index contributed by atoms with van der Waals surface area (Å²) in [4.78, 5) is 27.6. The van der Waals surface area contributed by atoms with Gasteiger partial charge in [-0.1, -0.05) is 17.8 Å². The Bertz CT molecular complexity index is 646. The molecule has 1 heterocycles. The molecule has 0 unspecified atom stereocenters. The van der Waals surface area contributed by atoms with Crippen LogP contribution in [0.15, 0.2) is 29.3 Å². The standard InChI is InChI=1S/C13H11F3N2O3S/c1-18-10(19)6-9(11(20)21)22-12(18)17-8-4-2-3-7(5-8)13(14,15)16/h2-5,9H,6H2,1H3,(H,20,21)/p-1/t9-/m1/s1. The van der Waals surface area contributed by atoms with Crippen LogP contribution in [0.2, 0.25) is 0 Å². The van der Waals surface area contributed by atoms with Crippen molar-refractivity contribution in [2.24, 2.45) is 4.99 Å². The van der Waals surface area contributed by atoms with E-state index in [0.29, 0.717) is 0 Å². The van der Waals surface area contributed by atoms with Gasteiger partial charge in [0.1, 0.15) is 0 Å². The number of nitrogens with zero attached hydrogens (tertiary/aromatic N) is 2. The molecule has 1 saturated heterocycles. The van der Waals surface area contributed by atoms with Gasteiger partial charge in [0.15, 0.2) is 5.17 Å². The van der Waals surface area contributed by atoms with Crippen molar-refractivity contribution in [1.82, 2.24) is 4.90 Å². The van der Waals surface area contributed by atoms with Crippen molar-refractivity contribution in [1.29, 1.82) is 0 Å². The number of halogens is 3. The maximum absolute atomic E-state index is 12.6. The molecule has 0 N–H and O–H groups in total. The number of carbonyl (C=O) groups is 2. The molecule has 1 amide bonds. The Morgan fingerprint density at radius 3 is 2.73 bits per heavy atom. The Morgan fingerprint density at radius 1 is 1.45 bits per heavy atom. The van der Waals surface area contributed by atoms with E-state index in [1.54, 1.807) is 0 Å². The number of aliphatic carboxylic acids is 1. The topological polar surface area (TPSA) is 72.8 Å². The average Bonchev–Trinajstić information content (AvgIpc) is 2.43. The first kappa shape index (κ1) is 16.3. The molecular formula is C13H10F3N2O3S-. The van der Waals surface area contributed by atoms with Crippen molar-refractivity contribution in [2.45, 2.75) is 17.8 Å². The van der Waals surface area contributed by atoms with Gasteiger partial charge in [0.2, 0.25) is 5.91 Å². The highest BCUT2D eigenvalue weighted by Crippen LogP contribution is 2.33. The smallest absolute Gasteiger partial charge is 0.416 e. The van der Waals surface area contributed by atoms with Crippen LogP contribution >= 0.6 is 11.8 Å². The highest BCUT2D eigenvalue weighted by molar-refractivity contribution is 8.15. The van der Waals surface area contributed by atoms with Crippen LogP contribution in [0.25, 0.3) is 0 Å². The predicted molar refractivity (Wildman–Crippen MR) is 72.3 cm³/mol. The molecule has 22 heavy (non-hydrogen) atoms. The molecular weight excluding hydrogens is 321 g/mol. The summed E-state index contributed by atoms with van der Waals surface area (Å²) in [5, 5.41) is 9.80. The number of amides is 1. The molecule has 1 aromatic carbocycles. The van der Waals surface area contributed by atoms with E-state index in [1.165, 1.54) is 19.2 Å². The minimum absolute atomic E-state index is 0.0176. The SMILES string of the molecule is CN1C(=O)C[C@H](C(=O)[O-])SC1=Nc1cccc(C(F)(F)F)c1. The summed E-state index contributed by atoms with van der Waals surface area (Å²) in [6.07, 6.45) is -4.75. The van der Waals surface area contributed by atoms with Crippen molar-refractivity contribution in [3.8, 4) is 0 Å². The molecule has 1 aromatic rings. The van der Waals surface area contributed by atoms with Gasteiger partial charge in [-0.2, -0.15) is 13.2 Å². The van der Waals surface area contributed by atoms with E-state index in [-0.39, 0.29) is 17.3 Å². The van der Waals surface area contributed by atoms with Crippen LogP contribution in [0.3, 0.4) is 0 Å². The predicted octanol–water partition coefficient (Wildman–Crippen LogP) is 1.41. The second-order valence-electron chi connectivity index (χ2n) is 4.52. The van der Waals surface area contributed by atoms with Crippen LogP contribution in [-0.2, 0) is 15.8 Å². The fourth-order valence-corrected chi connectivity index (χ4v) is 2.74. The number of alkyl halides is 3. The normalized spacial score (nSPS) is 21.3. The number of aliphatic imine (C=N–C) groups is 1. The number of hydrogen-bond donors (Lipinski definition) is 0. The van der Waals surface area contributed by atoms with E-state index in [9.17, 15) is 27.9 Å². The van der Waals surface area contributed by atoms with Crippen molar-refractivity contribution in [3.63, 3.8) is 0 Å². The average molecular weight is 331 g/mol. The summed E-state index contributed by atoms with van der Waals surface area (Å²) in [5.41, 5.74) is -0.892. The summed E-state index contributed by atoms with van der Waals surface area (Å²) in [7, 11) is 1.38. The van der Waals surface area contributed by atoms with E-state index in [1.807, 2.05) is 0 Å². The molecule has 1 aliphatic rings. The van der Waals surface area contributed by atoms with Gasteiger partial charge in [0, 0.05) is 13.5 Å². The molecule has 0 saturated carbocycles. The van der Waals surface area contributed by atoms with Gasteiger partial charge in [0.05, 0.1) is 22.5 Å². The highest BCUT2D eigenvalue weighted by atomic mass is 32.2. The Hall–Kier alpha value is -2.03. The first-order chi connectivity index (χ1) is 10.2. The number of hydrogen-bond acceptors (Lipinski definition) is 5. The van der Waals surface area contributed by atoms with Gasteiger partial charge < -0.3 is 9.90 Å². The van der Waals surface area contributed by atoms with Gasteiger partial charge in [-0.25, -0.2) is 4.99 Å². The fourth-order valence-electron chi connectivity index (χ4n) is 1.75. The zero-order valence-electron chi connectivity index (χ0n) is 11.3. The third-order valence-corrected chi connectivity index (χ3v) is 4.15. The van der Waals surface area contributed by atoms with Gasteiger partial charge in [-0.05, 0) is 18.2 Å². The third-order valence-electron chi connectivity index (χ3n) is 2.93. The van der Waals surface area contributed by atoms with Crippen LogP contribution in [0.4, 0.5) is 18.9 Å². The van der Waals surface area contributed by atoms with Crippen LogP contribution < -0.4 is 5.11 Å². The number of carboxylic acid groups (broad SMARTS) is 1. The van der Waals surface area contributed by atoms with E-state index in [0.717, 1.165) is 28.8 Å². The first-order valence-corrected chi connectivity index (χ1v) is 6.96. The summed E-state index contributed by atoms with van der Waals surface area (Å²) in [5.74, 6) is -1.90. The molecule has 2 rings (SSSR count). The molecule has 1 atom stereocenters. The molecule has 0 aliphatic carbocycles. The van der Waals surface area contributed by atoms with E-state index >= 15 is 0 Å². The summed E-state index contributed by atoms with van der Waals surface area (Å²) < 4.78 is 37.9. The third kappa shape index (κ3) is 3.59. The maximum Gasteiger partial charge on any atom is 0.416 e. The van der Waals surface area contributed by atoms with E-state index in [4.69, 9.17) is 0 Å². The second kappa shape index (κ2) is 5.99. The Labute approximate surface area is 127 Å². The number of rotatable bonds is 2. The van der Waals surface area contributed by atoms with Crippen molar-refractivity contribution >= 4 is 34.5 Å². The molecule has 0 radical (unpaired) electrons. The van der Waals surface area contributed by atoms with E-state index < -0.39 is 28.9 Å². The number of benzene rings is 1. The van der Waals surface area contributed by atoms with Gasteiger partial charge in [-0.15, -0.1) is 0 Å². The molecule has 0 bridgehead atoms. The Morgan fingerprint density at radius 2 is 2.14 bits per heavy atom. The minimum Gasteiger partial charge on any atom is -0.549 e. The number of carboxylic acids is 1. The van der Waals surface area contributed by atoms with Crippen LogP contribution in [0, 0.1) is 0 Å². The monoisotopic (exact) mass is 331 g/mol. The van der Waals surface area contributed by atoms with Crippen LogP contribution in [-0.4, -0.2) is 34.2 Å². The van der Waals surface area contributed by atoms with Crippen molar-refractivity contribution < 1.29 is 27.9 Å². The summed E-state index contributed by atoms with van der Waals surface area (Å²) in [6, 6.07) is 4.25.